The SMILES string of the molecule is C=C(/C=C\C=C/C)N(c1ccc2c3ccccc3n(-c3ccccc3)c2c1)c1ccc(-c2ccc3c(c2)-c2ccccc2C3(C)C)c2ccccc12. The highest BCUT2D eigenvalue weighted by atomic mass is 15.1. The van der Waals surface area contributed by atoms with Crippen molar-refractivity contribution in [3.63, 3.8) is 0 Å². The summed E-state index contributed by atoms with van der Waals surface area (Å²) in [6, 6.07) is 55.4. The Hall–Kier alpha value is -6.38. The monoisotopic (exact) mass is 668 g/mol. The smallest absolute Gasteiger partial charge is 0.0561 e. The molecule has 0 aliphatic heterocycles. The van der Waals surface area contributed by atoms with Crippen LogP contribution in [0, 0.1) is 0 Å². The first-order valence-electron chi connectivity index (χ1n) is 18.1. The van der Waals surface area contributed by atoms with Crippen LogP contribution in [0.2, 0.25) is 0 Å². The Kier molecular flexibility index (Phi) is 7.56. The zero-order valence-corrected chi connectivity index (χ0v) is 29.8. The molecule has 1 aromatic heterocycles. The van der Waals surface area contributed by atoms with E-state index in [-0.39, 0.29) is 5.41 Å². The summed E-state index contributed by atoms with van der Waals surface area (Å²) in [6.45, 7) is 11.4. The highest BCUT2D eigenvalue weighted by Crippen LogP contribution is 2.50. The standard InChI is InChI=1S/C50H40N2/c1-5-6-8-17-34(2)51(37-27-28-43-42-23-14-16-25-47(42)52(49(43)33-37)36-18-9-7-10-19-36)48-31-29-38(39-20-11-12-22-41(39)48)35-26-30-46-44(32-35)40-21-13-15-24-45(40)50(46,3)4/h5-33H,2H2,1,3-4H3/b6-5-,17-8-. The van der Waals surface area contributed by atoms with Crippen molar-refractivity contribution in [2.45, 2.75) is 26.2 Å². The van der Waals surface area contributed by atoms with Gasteiger partial charge in [-0.2, -0.15) is 0 Å². The third kappa shape index (κ3) is 4.94. The predicted molar refractivity (Wildman–Crippen MR) is 223 cm³/mol. The highest BCUT2D eigenvalue weighted by Gasteiger charge is 2.35. The number of aromatic nitrogens is 1. The van der Waals surface area contributed by atoms with Crippen molar-refractivity contribution >= 4 is 44.0 Å². The minimum absolute atomic E-state index is 0.0228. The van der Waals surface area contributed by atoms with E-state index >= 15 is 0 Å². The molecule has 52 heavy (non-hydrogen) atoms. The van der Waals surface area contributed by atoms with Gasteiger partial charge in [0.05, 0.1) is 16.7 Å². The second-order valence-electron chi connectivity index (χ2n) is 14.2. The van der Waals surface area contributed by atoms with E-state index in [4.69, 9.17) is 0 Å². The van der Waals surface area contributed by atoms with E-state index in [1.54, 1.807) is 0 Å². The number of rotatable bonds is 7. The molecule has 0 amide bonds. The molecule has 0 spiro atoms. The first-order chi connectivity index (χ1) is 25.5. The van der Waals surface area contributed by atoms with Gasteiger partial charge in [-0.05, 0) is 94.2 Å². The molecule has 9 rings (SSSR count). The number of hydrogen-bond acceptors (Lipinski definition) is 1. The summed E-state index contributed by atoms with van der Waals surface area (Å²) in [7, 11) is 0. The normalized spacial score (nSPS) is 13.4. The van der Waals surface area contributed by atoms with Crippen LogP contribution in [-0.4, -0.2) is 4.57 Å². The maximum absolute atomic E-state index is 4.64. The molecule has 0 N–H and O–H groups in total. The van der Waals surface area contributed by atoms with E-state index in [1.165, 1.54) is 60.4 Å². The van der Waals surface area contributed by atoms with Gasteiger partial charge in [-0.25, -0.2) is 0 Å². The van der Waals surface area contributed by atoms with E-state index < -0.39 is 0 Å². The molecule has 8 aromatic rings. The van der Waals surface area contributed by atoms with Gasteiger partial charge in [0.25, 0.3) is 0 Å². The Balaban J connectivity index is 1.24. The molecule has 0 unspecified atom stereocenters. The summed E-state index contributed by atoms with van der Waals surface area (Å²) in [5, 5.41) is 4.84. The van der Waals surface area contributed by atoms with Crippen molar-refractivity contribution in [2.24, 2.45) is 0 Å². The predicted octanol–water partition coefficient (Wildman–Crippen LogP) is 13.7. The zero-order valence-electron chi connectivity index (χ0n) is 29.8. The number of fused-ring (bicyclic) bond motifs is 7. The van der Waals surface area contributed by atoms with Crippen molar-refractivity contribution in [3.05, 3.63) is 199 Å². The Morgan fingerprint density at radius 1 is 0.577 bits per heavy atom. The van der Waals surface area contributed by atoms with Gasteiger partial charge in [-0.1, -0.05) is 148 Å². The van der Waals surface area contributed by atoms with E-state index in [9.17, 15) is 0 Å². The van der Waals surface area contributed by atoms with Gasteiger partial charge in [0, 0.05) is 38.6 Å². The molecule has 250 valence electrons. The average Bonchev–Trinajstić information content (AvgIpc) is 3.63. The Morgan fingerprint density at radius 2 is 1.27 bits per heavy atom. The second kappa shape index (κ2) is 12.4. The maximum atomic E-state index is 4.64. The minimum Gasteiger partial charge on any atom is -0.310 e. The van der Waals surface area contributed by atoms with Crippen molar-refractivity contribution in [1.82, 2.24) is 4.57 Å². The molecule has 2 nitrogen and oxygen atoms in total. The van der Waals surface area contributed by atoms with E-state index in [0.29, 0.717) is 0 Å². The van der Waals surface area contributed by atoms with Crippen LogP contribution in [0.25, 0.3) is 60.5 Å². The fourth-order valence-corrected chi connectivity index (χ4v) is 8.38. The van der Waals surface area contributed by atoms with Crippen molar-refractivity contribution in [3.8, 4) is 27.9 Å². The fourth-order valence-electron chi connectivity index (χ4n) is 8.38. The van der Waals surface area contributed by atoms with E-state index in [0.717, 1.165) is 28.3 Å². The maximum Gasteiger partial charge on any atom is 0.0561 e. The van der Waals surface area contributed by atoms with Crippen LogP contribution < -0.4 is 4.90 Å². The summed E-state index contributed by atoms with van der Waals surface area (Å²) in [5.41, 5.74) is 14.4. The van der Waals surface area contributed by atoms with Gasteiger partial charge in [-0.15, -0.1) is 0 Å². The van der Waals surface area contributed by atoms with E-state index in [2.05, 4.69) is 194 Å². The molecule has 7 aromatic carbocycles. The molecule has 2 heteroatoms. The van der Waals surface area contributed by atoms with Gasteiger partial charge in [0.2, 0.25) is 0 Å². The number of hydrogen-bond donors (Lipinski definition) is 0. The molecule has 1 heterocycles. The van der Waals surface area contributed by atoms with Gasteiger partial charge in [-0.3, -0.25) is 0 Å². The molecule has 0 saturated carbocycles. The van der Waals surface area contributed by atoms with Crippen LogP contribution in [0.1, 0.15) is 31.9 Å². The molecule has 1 aliphatic carbocycles. The third-order valence-corrected chi connectivity index (χ3v) is 10.8. The molecular formula is C50H40N2. The third-order valence-electron chi connectivity index (χ3n) is 10.8. The second-order valence-corrected chi connectivity index (χ2v) is 14.2. The van der Waals surface area contributed by atoms with Crippen molar-refractivity contribution < 1.29 is 0 Å². The molecule has 0 fully saturated rings. The number of benzene rings is 7. The Labute approximate surface area is 305 Å². The first kappa shape index (κ1) is 31.6. The van der Waals surface area contributed by atoms with E-state index in [1.807, 2.05) is 19.1 Å². The molecule has 0 atom stereocenters. The quantitative estimate of drug-likeness (QED) is 0.153. The largest absolute Gasteiger partial charge is 0.310 e. The molecular weight excluding hydrogens is 629 g/mol. The molecule has 1 aliphatic rings. The summed E-state index contributed by atoms with van der Waals surface area (Å²) < 4.78 is 2.37. The molecule has 0 saturated heterocycles. The van der Waals surface area contributed by atoms with Gasteiger partial charge >= 0.3 is 0 Å². The van der Waals surface area contributed by atoms with Gasteiger partial charge in [0.1, 0.15) is 0 Å². The Bertz CT molecular complexity index is 2740. The summed E-state index contributed by atoms with van der Waals surface area (Å²) in [6.07, 6.45) is 8.25. The van der Waals surface area contributed by atoms with Gasteiger partial charge in [0.15, 0.2) is 0 Å². The highest BCUT2D eigenvalue weighted by molar-refractivity contribution is 6.11. The number of allylic oxidation sites excluding steroid dienone is 4. The summed E-state index contributed by atoms with van der Waals surface area (Å²) in [4.78, 5) is 2.31. The van der Waals surface area contributed by atoms with Crippen molar-refractivity contribution in [1.29, 1.82) is 0 Å². The van der Waals surface area contributed by atoms with Gasteiger partial charge < -0.3 is 9.47 Å². The minimum atomic E-state index is -0.0228. The zero-order chi connectivity index (χ0) is 35.4. The lowest BCUT2D eigenvalue weighted by atomic mass is 9.82. The van der Waals surface area contributed by atoms with Crippen LogP contribution >= 0.6 is 0 Å². The fraction of sp³-hybridized carbons (Fsp3) is 0.0800. The first-order valence-corrected chi connectivity index (χ1v) is 18.1. The van der Waals surface area contributed by atoms with Crippen LogP contribution in [0.15, 0.2) is 188 Å². The number of anilines is 2. The average molecular weight is 669 g/mol. The van der Waals surface area contributed by atoms with Crippen LogP contribution in [0.5, 0.6) is 0 Å². The summed E-state index contributed by atoms with van der Waals surface area (Å²) >= 11 is 0. The number of nitrogens with zero attached hydrogens (tertiary/aromatic N) is 2. The lowest BCUT2D eigenvalue weighted by molar-refractivity contribution is 0.660. The lowest BCUT2D eigenvalue weighted by Gasteiger charge is -2.28. The summed E-state index contributed by atoms with van der Waals surface area (Å²) in [5.74, 6) is 0. The van der Waals surface area contributed by atoms with Crippen LogP contribution in [-0.2, 0) is 5.41 Å². The molecule has 0 bridgehead atoms. The van der Waals surface area contributed by atoms with Crippen LogP contribution in [0.3, 0.4) is 0 Å². The topological polar surface area (TPSA) is 8.17 Å². The van der Waals surface area contributed by atoms with Crippen LogP contribution in [0.4, 0.5) is 11.4 Å². The Morgan fingerprint density at radius 3 is 2.10 bits per heavy atom. The number of para-hydroxylation sites is 2. The lowest BCUT2D eigenvalue weighted by Crippen LogP contribution is -2.15. The molecule has 0 radical (unpaired) electrons. The van der Waals surface area contributed by atoms with Crippen molar-refractivity contribution in [2.75, 3.05) is 4.90 Å².